The highest BCUT2D eigenvalue weighted by Gasteiger charge is 2.19. The van der Waals surface area contributed by atoms with Crippen LogP contribution in [-0.2, 0) is 4.74 Å². The number of nitrogens with one attached hydrogen (secondary N) is 1. The summed E-state index contributed by atoms with van der Waals surface area (Å²) in [6.07, 6.45) is 3.44. The number of halogens is 1. The minimum Gasteiger partial charge on any atom is -0.382 e. The summed E-state index contributed by atoms with van der Waals surface area (Å²) < 4.78 is 5.26. The third-order valence-electron chi connectivity index (χ3n) is 3.95. The number of hydrogen-bond donors (Lipinski definition) is 2. The van der Waals surface area contributed by atoms with Gasteiger partial charge in [-0.05, 0) is 53.4 Å². The molecule has 0 amide bonds. The Morgan fingerprint density at radius 3 is 2.64 bits per heavy atom. The Balaban J connectivity index is 0.00000441. The lowest BCUT2D eigenvalue weighted by molar-refractivity contribution is 0.146. The summed E-state index contributed by atoms with van der Waals surface area (Å²) in [6.45, 7) is 8.51. The predicted octanol–water partition coefficient (Wildman–Crippen LogP) is 0.961. The minimum absolute atomic E-state index is 0. The molecule has 7 heteroatoms. The lowest BCUT2D eigenvalue weighted by Crippen LogP contribution is -2.45. The van der Waals surface area contributed by atoms with Crippen LogP contribution in [0.3, 0.4) is 0 Å². The highest BCUT2D eigenvalue weighted by Crippen LogP contribution is 2.13. The number of likely N-dealkylation sites (tertiary alicyclic amines) is 1. The summed E-state index contributed by atoms with van der Waals surface area (Å²) in [4.78, 5) is 9.12. The SMILES string of the molecule is CCOCCCN=C(N)NCCN1CCC(N(C)C)CC1.I. The average molecular weight is 427 g/mol. The normalized spacial score (nSPS) is 17.5. The van der Waals surface area contributed by atoms with Crippen LogP contribution in [0, 0.1) is 0 Å². The number of ether oxygens (including phenoxy) is 1. The first-order valence-electron chi connectivity index (χ1n) is 8.13. The van der Waals surface area contributed by atoms with E-state index < -0.39 is 0 Å². The van der Waals surface area contributed by atoms with Crippen molar-refractivity contribution in [1.82, 2.24) is 15.1 Å². The molecule has 0 atom stereocenters. The van der Waals surface area contributed by atoms with Gasteiger partial charge in [-0.2, -0.15) is 0 Å². The highest BCUT2D eigenvalue weighted by molar-refractivity contribution is 14.0. The maximum absolute atomic E-state index is 5.84. The van der Waals surface area contributed by atoms with Gasteiger partial charge < -0.3 is 25.6 Å². The van der Waals surface area contributed by atoms with E-state index in [1.54, 1.807) is 0 Å². The van der Waals surface area contributed by atoms with Gasteiger partial charge >= 0.3 is 0 Å². The third kappa shape index (κ3) is 9.81. The van der Waals surface area contributed by atoms with Crippen molar-refractivity contribution in [3.05, 3.63) is 0 Å². The Bertz CT molecular complexity index is 294. The number of nitrogens with two attached hydrogens (primary N) is 1. The van der Waals surface area contributed by atoms with Crippen molar-refractivity contribution in [1.29, 1.82) is 0 Å². The highest BCUT2D eigenvalue weighted by atomic mass is 127. The van der Waals surface area contributed by atoms with E-state index in [-0.39, 0.29) is 24.0 Å². The summed E-state index contributed by atoms with van der Waals surface area (Å²) in [5.74, 6) is 0.551. The van der Waals surface area contributed by atoms with Gasteiger partial charge in [0.2, 0.25) is 0 Å². The molecule has 0 aromatic heterocycles. The van der Waals surface area contributed by atoms with Gasteiger partial charge in [-0.15, -0.1) is 24.0 Å². The zero-order valence-corrected chi connectivity index (χ0v) is 16.7. The molecule has 1 rings (SSSR count). The second-order valence-corrected chi connectivity index (χ2v) is 5.78. The van der Waals surface area contributed by atoms with Crippen LogP contribution in [0.25, 0.3) is 0 Å². The second-order valence-electron chi connectivity index (χ2n) is 5.78. The molecular weight excluding hydrogens is 393 g/mol. The zero-order chi connectivity index (χ0) is 15.5. The molecule has 6 nitrogen and oxygen atoms in total. The van der Waals surface area contributed by atoms with E-state index in [4.69, 9.17) is 10.5 Å². The number of piperidine rings is 1. The Morgan fingerprint density at radius 2 is 2.05 bits per heavy atom. The standard InChI is InChI=1S/C15H33N5O.HI/c1-4-21-13-5-8-17-15(16)18-9-12-20-10-6-14(7-11-20)19(2)3;/h14H,4-13H2,1-3H3,(H3,16,17,18);1H. The van der Waals surface area contributed by atoms with Gasteiger partial charge in [-0.1, -0.05) is 0 Å². The van der Waals surface area contributed by atoms with E-state index in [0.29, 0.717) is 5.96 Å². The van der Waals surface area contributed by atoms with Crippen molar-refractivity contribution >= 4 is 29.9 Å². The molecular formula is C15H34IN5O. The predicted molar refractivity (Wildman–Crippen MR) is 104 cm³/mol. The van der Waals surface area contributed by atoms with E-state index in [9.17, 15) is 0 Å². The quantitative estimate of drug-likeness (QED) is 0.248. The fourth-order valence-electron chi connectivity index (χ4n) is 2.57. The van der Waals surface area contributed by atoms with E-state index in [1.807, 2.05) is 6.92 Å². The van der Waals surface area contributed by atoms with Crippen LogP contribution in [0.2, 0.25) is 0 Å². The van der Waals surface area contributed by atoms with Crippen LogP contribution in [-0.4, -0.2) is 81.8 Å². The van der Waals surface area contributed by atoms with Crippen molar-refractivity contribution in [2.24, 2.45) is 10.7 Å². The Labute approximate surface area is 152 Å². The summed E-state index contributed by atoms with van der Waals surface area (Å²) in [5, 5.41) is 3.19. The summed E-state index contributed by atoms with van der Waals surface area (Å²) in [7, 11) is 4.34. The number of rotatable bonds is 9. The fourth-order valence-corrected chi connectivity index (χ4v) is 2.57. The first-order chi connectivity index (χ1) is 10.1. The molecule has 132 valence electrons. The van der Waals surface area contributed by atoms with Gasteiger partial charge in [0.05, 0.1) is 0 Å². The monoisotopic (exact) mass is 427 g/mol. The summed E-state index contributed by atoms with van der Waals surface area (Å²) in [6, 6.07) is 0.742. The fraction of sp³-hybridized carbons (Fsp3) is 0.933. The number of guanidine groups is 1. The smallest absolute Gasteiger partial charge is 0.188 e. The van der Waals surface area contributed by atoms with E-state index >= 15 is 0 Å². The van der Waals surface area contributed by atoms with Crippen LogP contribution >= 0.6 is 24.0 Å². The zero-order valence-electron chi connectivity index (χ0n) is 14.4. The first-order valence-corrected chi connectivity index (χ1v) is 8.13. The van der Waals surface area contributed by atoms with Crippen molar-refractivity contribution in [3.63, 3.8) is 0 Å². The second kappa shape index (κ2) is 13.3. The molecule has 0 aromatic carbocycles. The van der Waals surface area contributed by atoms with E-state index in [2.05, 4.69) is 34.2 Å². The van der Waals surface area contributed by atoms with Crippen LogP contribution in [0.5, 0.6) is 0 Å². The van der Waals surface area contributed by atoms with Gasteiger partial charge in [-0.3, -0.25) is 4.99 Å². The molecule has 0 saturated carbocycles. The molecule has 1 saturated heterocycles. The first kappa shape index (κ1) is 21.9. The van der Waals surface area contributed by atoms with Crippen LogP contribution < -0.4 is 11.1 Å². The van der Waals surface area contributed by atoms with Gasteiger partial charge in [0.25, 0.3) is 0 Å². The van der Waals surface area contributed by atoms with E-state index in [0.717, 1.165) is 45.3 Å². The average Bonchev–Trinajstić information content (AvgIpc) is 2.47. The molecule has 1 aliphatic rings. The van der Waals surface area contributed by atoms with Gasteiger partial charge in [0.15, 0.2) is 5.96 Å². The van der Waals surface area contributed by atoms with Gasteiger partial charge in [0.1, 0.15) is 0 Å². The molecule has 0 bridgehead atoms. The molecule has 0 unspecified atom stereocenters. The maximum atomic E-state index is 5.84. The molecule has 1 aliphatic heterocycles. The molecule has 0 aromatic rings. The number of aliphatic imine (C=N–C) groups is 1. The Hall–Kier alpha value is -0.120. The molecule has 1 heterocycles. The topological polar surface area (TPSA) is 66.1 Å². The van der Waals surface area contributed by atoms with Crippen molar-refractivity contribution in [2.45, 2.75) is 32.2 Å². The Morgan fingerprint density at radius 1 is 1.36 bits per heavy atom. The van der Waals surface area contributed by atoms with Crippen molar-refractivity contribution in [3.8, 4) is 0 Å². The summed E-state index contributed by atoms with van der Waals surface area (Å²) >= 11 is 0. The lowest BCUT2D eigenvalue weighted by Gasteiger charge is -2.35. The van der Waals surface area contributed by atoms with Gasteiger partial charge in [0, 0.05) is 38.9 Å². The number of nitrogens with zero attached hydrogens (tertiary/aromatic N) is 3. The number of hydrogen-bond acceptors (Lipinski definition) is 4. The molecule has 3 N–H and O–H groups in total. The minimum atomic E-state index is 0. The largest absolute Gasteiger partial charge is 0.382 e. The maximum Gasteiger partial charge on any atom is 0.188 e. The van der Waals surface area contributed by atoms with Gasteiger partial charge in [-0.25, -0.2) is 0 Å². The lowest BCUT2D eigenvalue weighted by atomic mass is 10.0. The van der Waals surface area contributed by atoms with Crippen molar-refractivity contribution < 1.29 is 4.74 Å². The Kier molecular flexibility index (Phi) is 13.3. The third-order valence-corrected chi connectivity index (χ3v) is 3.95. The van der Waals surface area contributed by atoms with Crippen LogP contribution in [0.15, 0.2) is 4.99 Å². The van der Waals surface area contributed by atoms with Crippen molar-refractivity contribution in [2.75, 3.05) is 60.0 Å². The van der Waals surface area contributed by atoms with Crippen LogP contribution in [0.1, 0.15) is 26.2 Å². The van der Waals surface area contributed by atoms with E-state index in [1.165, 1.54) is 25.9 Å². The molecule has 0 spiro atoms. The molecule has 0 aliphatic carbocycles. The molecule has 22 heavy (non-hydrogen) atoms. The molecule has 0 radical (unpaired) electrons. The van der Waals surface area contributed by atoms with Crippen LogP contribution in [0.4, 0.5) is 0 Å². The molecule has 1 fully saturated rings. The summed E-state index contributed by atoms with van der Waals surface area (Å²) in [5.41, 5.74) is 5.84.